The van der Waals surface area contributed by atoms with Gasteiger partial charge in [0.25, 0.3) is 0 Å². The molecule has 1 aliphatic heterocycles. The molecule has 3 unspecified atom stereocenters. The van der Waals surface area contributed by atoms with Crippen molar-refractivity contribution in [1.29, 1.82) is 0 Å². The Balaban J connectivity index is 2.05. The molecule has 3 nitrogen and oxygen atoms in total. The first kappa shape index (κ1) is 14.6. The van der Waals surface area contributed by atoms with Crippen molar-refractivity contribution < 1.29 is 4.74 Å². The predicted molar refractivity (Wildman–Crippen MR) is 79.2 cm³/mol. The summed E-state index contributed by atoms with van der Waals surface area (Å²) in [5.41, 5.74) is 6.38. The van der Waals surface area contributed by atoms with E-state index in [1.807, 2.05) is 7.11 Å². The van der Waals surface area contributed by atoms with Gasteiger partial charge in [0.1, 0.15) is 0 Å². The van der Waals surface area contributed by atoms with Gasteiger partial charge in [0.05, 0.1) is 6.10 Å². The third-order valence-corrected chi connectivity index (χ3v) is 6.13. The van der Waals surface area contributed by atoms with E-state index in [0.29, 0.717) is 6.10 Å². The Labute approximate surface area is 116 Å². The van der Waals surface area contributed by atoms with E-state index in [1.165, 1.54) is 44.5 Å². The fourth-order valence-electron chi connectivity index (χ4n) is 3.49. The Bertz CT molecular complexity index is 264. The largest absolute Gasteiger partial charge is 0.381 e. The van der Waals surface area contributed by atoms with Crippen LogP contribution in [0.3, 0.4) is 0 Å². The van der Waals surface area contributed by atoms with Crippen LogP contribution in [0.15, 0.2) is 0 Å². The highest BCUT2D eigenvalue weighted by atomic mass is 32.2. The summed E-state index contributed by atoms with van der Waals surface area (Å²) in [6.45, 7) is 5.51. The van der Waals surface area contributed by atoms with E-state index in [2.05, 4.69) is 23.6 Å². The van der Waals surface area contributed by atoms with Crippen LogP contribution in [0, 0.1) is 0 Å². The molecular weight excluding hydrogens is 244 g/mol. The fourth-order valence-corrected chi connectivity index (χ4v) is 4.67. The summed E-state index contributed by atoms with van der Waals surface area (Å²) >= 11 is 2.13. The monoisotopic (exact) mass is 272 g/mol. The Kier molecular flexibility index (Phi) is 5.36. The minimum atomic E-state index is 0.216. The first-order chi connectivity index (χ1) is 8.74. The smallest absolute Gasteiger partial charge is 0.0589 e. The molecule has 0 amide bonds. The van der Waals surface area contributed by atoms with Crippen LogP contribution >= 0.6 is 11.8 Å². The van der Waals surface area contributed by atoms with Gasteiger partial charge in [-0.3, -0.25) is 4.90 Å². The molecule has 106 valence electrons. The number of hydrogen-bond donors (Lipinski definition) is 1. The fraction of sp³-hybridized carbons (Fsp3) is 1.00. The molecule has 4 heteroatoms. The average Bonchev–Trinajstić information content (AvgIpc) is 2.47. The molecule has 0 aromatic rings. The van der Waals surface area contributed by atoms with E-state index in [0.717, 1.165) is 18.2 Å². The van der Waals surface area contributed by atoms with Crippen LogP contribution in [-0.2, 0) is 4.74 Å². The quantitative estimate of drug-likeness (QED) is 0.850. The van der Waals surface area contributed by atoms with E-state index in [9.17, 15) is 0 Å². The van der Waals surface area contributed by atoms with E-state index in [4.69, 9.17) is 10.5 Å². The molecule has 2 rings (SSSR count). The standard InChI is InChI=1S/C14H28N2OS/c1-3-13-10-16(7-8-18-13)14(11-15)6-4-5-12(9-14)17-2/h12-13H,3-11,15H2,1-2H3. The molecule has 1 saturated carbocycles. The summed E-state index contributed by atoms with van der Waals surface area (Å²) in [5, 5.41) is 0.796. The maximum atomic E-state index is 6.17. The van der Waals surface area contributed by atoms with E-state index < -0.39 is 0 Å². The van der Waals surface area contributed by atoms with Gasteiger partial charge in [0.15, 0.2) is 0 Å². The third-order valence-electron chi connectivity index (χ3n) is 4.75. The van der Waals surface area contributed by atoms with Gasteiger partial charge in [-0.1, -0.05) is 6.92 Å². The van der Waals surface area contributed by atoms with Gasteiger partial charge in [0.2, 0.25) is 0 Å². The second-order valence-electron chi connectivity index (χ2n) is 5.73. The number of rotatable bonds is 4. The number of methoxy groups -OCH3 is 1. The summed E-state index contributed by atoms with van der Waals surface area (Å²) < 4.78 is 5.60. The van der Waals surface area contributed by atoms with Crippen molar-refractivity contribution in [2.45, 2.75) is 55.9 Å². The van der Waals surface area contributed by atoms with Gasteiger partial charge in [0, 0.05) is 43.3 Å². The van der Waals surface area contributed by atoms with Crippen LogP contribution in [-0.4, -0.2) is 54.3 Å². The molecule has 1 heterocycles. The zero-order valence-corrected chi connectivity index (χ0v) is 12.7. The first-order valence-corrected chi connectivity index (χ1v) is 8.38. The lowest BCUT2D eigenvalue weighted by Crippen LogP contribution is -2.60. The number of ether oxygens (including phenoxy) is 1. The minimum Gasteiger partial charge on any atom is -0.381 e. The number of thioether (sulfide) groups is 1. The number of nitrogens with zero attached hydrogens (tertiary/aromatic N) is 1. The molecular formula is C14H28N2OS. The zero-order valence-electron chi connectivity index (χ0n) is 11.9. The zero-order chi connectivity index (χ0) is 13.0. The summed E-state index contributed by atoms with van der Waals surface area (Å²) in [6, 6.07) is 0. The highest BCUT2D eigenvalue weighted by molar-refractivity contribution is 8.00. The van der Waals surface area contributed by atoms with E-state index in [-0.39, 0.29) is 5.54 Å². The van der Waals surface area contributed by atoms with Gasteiger partial charge >= 0.3 is 0 Å². The van der Waals surface area contributed by atoms with Crippen LogP contribution in [0.1, 0.15) is 39.0 Å². The van der Waals surface area contributed by atoms with E-state index in [1.54, 1.807) is 0 Å². The Morgan fingerprint density at radius 3 is 3.00 bits per heavy atom. The molecule has 3 atom stereocenters. The van der Waals surface area contributed by atoms with Crippen LogP contribution in [0.4, 0.5) is 0 Å². The second-order valence-corrected chi connectivity index (χ2v) is 7.14. The Morgan fingerprint density at radius 1 is 1.50 bits per heavy atom. The number of nitrogens with two attached hydrogens (primary N) is 1. The molecule has 18 heavy (non-hydrogen) atoms. The van der Waals surface area contributed by atoms with E-state index >= 15 is 0 Å². The normalized spacial score (nSPS) is 38.8. The molecule has 2 fully saturated rings. The van der Waals surface area contributed by atoms with Gasteiger partial charge < -0.3 is 10.5 Å². The van der Waals surface area contributed by atoms with Crippen LogP contribution < -0.4 is 5.73 Å². The molecule has 2 N–H and O–H groups in total. The molecule has 1 aliphatic carbocycles. The molecule has 1 saturated heterocycles. The summed E-state index contributed by atoms with van der Waals surface area (Å²) in [5.74, 6) is 1.26. The SMILES string of the molecule is CCC1CN(C2(CN)CCCC(OC)C2)CCS1. The van der Waals surface area contributed by atoms with Crippen molar-refractivity contribution in [3.63, 3.8) is 0 Å². The summed E-state index contributed by atoms with van der Waals surface area (Å²) in [7, 11) is 1.85. The lowest BCUT2D eigenvalue weighted by molar-refractivity contribution is -0.0209. The van der Waals surface area contributed by atoms with Crippen LogP contribution in [0.5, 0.6) is 0 Å². The van der Waals surface area contributed by atoms with Crippen molar-refractivity contribution in [3.05, 3.63) is 0 Å². The lowest BCUT2D eigenvalue weighted by atomic mass is 9.78. The molecule has 0 aromatic heterocycles. The third kappa shape index (κ3) is 3.03. The molecule has 0 aromatic carbocycles. The maximum absolute atomic E-state index is 6.17. The summed E-state index contributed by atoms with van der Waals surface area (Å²) in [6.07, 6.45) is 6.53. The van der Waals surface area contributed by atoms with Crippen LogP contribution in [0.25, 0.3) is 0 Å². The van der Waals surface area contributed by atoms with Crippen LogP contribution in [0.2, 0.25) is 0 Å². The highest BCUT2D eigenvalue weighted by Crippen LogP contribution is 2.37. The molecule has 0 radical (unpaired) electrons. The van der Waals surface area contributed by atoms with Crippen molar-refractivity contribution in [2.24, 2.45) is 5.73 Å². The first-order valence-electron chi connectivity index (χ1n) is 7.33. The maximum Gasteiger partial charge on any atom is 0.0589 e. The summed E-state index contributed by atoms with van der Waals surface area (Å²) in [4.78, 5) is 2.68. The molecule has 0 bridgehead atoms. The number of hydrogen-bond acceptors (Lipinski definition) is 4. The second kappa shape index (κ2) is 6.60. The predicted octanol–water partition coefficient (Wildman–Crippen LogP) is 2.10. The van der Waals surface area contributed by atoms with Gasteiger partial charge in [-0.05, 0) is 32.1 Å². The van der Waals surface area contributed by atoms with Crippen molar-refractivity contribution in [3.8, 4) is 0 Å². The Hall–Kier alpha value is 0.230. The van der Waals surface area contributed by atoms with Crippen molar-refractivity contribution in [2.75, 3.05) is 32.5 Å². The lowest BCUT2D eigenvalue weighted by Gasteiger charge is -2.50. The topological polar surface area (TPSA) is 38.5 Å². The van der Waals surface area contributed by atoms with Gasteiger partial charge in [-0.2, -0.15) is 11.8 Å². The highest BCUT2D eigenvalue weighted by Gasteiger charge is 2.41. The molecule has 2 aliphatic rings. The minimum absolute atomic E-state index is 0.216. The Morgan fingerprint density at radius 2 is 2.33 bits per heavy atom. The molecule has 0 spiro atoms. The van der Waals surface area contributed by atoms with Gasteiger partial charge in [-0.25, -0.2) is 0 Å². The van der Waals surface area contributed by atoms with Crippen molar-refractivity contribution in [1.82, 2.24) is 4.90 Å². The van der Waals surface area contributed by atoms with Gasteiger partial charge in [-0.15, -0.1) is 0 Å². The average molecular weight is 272 g/mol. The van der Waals surface area contributed by atoms with Crippen molar-refractivity contribution >= 4 is 11.8 Å².